The second kappa shape index (κ2) is 7.83. The Hall–Kier alpha value is -2.82. The molecular formula is C20H22N2O3. The summed E-state index contributed by atoms with van der Waals surface area (Å²) in [6, 6.07) is 14.8. The van der Waals surface area contributed by atoms with Crippen LogP contribution in [0, 0.1) is 0 Å². The van der Waals surface area contributed by atoms with Gasteiger partial charge in [0.15, 0.2) is 0 Å². The maximum absolute atomic E-state index is 12.6. The van der Waals surface area contributed by atoms with Crippen molar-refractivity contribution in [3.63, 3.8) is 0 Å². The van der Waals surface area contributed by atoms with E-state index in [0.717, 1.165) is 31.5 Å². The van der Waals surface area contributed by atoms with Crippen LogP contribution in [-0.4, -0.2) is 42.3 Å². The molecule has 1 heterocycles. The maximum atomic E-state index is 12.6. The minimum Gasteiger partial charge on any atom is -0.508 e. The van der Waals surface area contributed by atoms with Crippen molar-refractivity contribution < 1.29 is 14.7 Å². The molecule has 0 aliphatic carbocycles. The molecule has 0 unspecified atom stereocenters. The quantitative estimate of drug-likeness (QED) is 0.686. The molecule has 5 heteroatoms. The smallest absolute Gasteiger partial charge is 0.253 e. The summed E-state index contributed by atoms with van der Waals surface area (Å²) in [6.45, 7) is 1.49. The van der Waals surface area contributed by atoms with Gasteiger partial charge in [0.1, 0.15) is 12.9 Å². The number of phenolic OH excluding ortho intramolecular Hbond substituents is 1. The van der Waals surface area contributed by atoms with Crippen LogP contribution in [0.2, 0.25) is 0 Å². The summed E-state index contributed by atoms with van der Waals surface area (Å²) < 4.78 is 0. The molecule has 1 amide bonds. The lowest BCUT2D eigenvalue weighted by atomic mass is 9.89. The highest BCUT2D eigenvalue weighted by Crippen LogP contribution is 2.29. The van der Waals surface area contributed by atoms with Crippen molar-refractivity contribution in [1.29, 1.82) is 0 Å². The third kappa shape index (κ3) is 4.18. The first-order valence-corrected chi connectivity index (χ1v) is 8.42. The lowest BCUT2D eigenvalue weighted by Crippen LogP contribution is -2.37. The zero-order valence-electron chi connectivity index (χ0n) is 14.3. The zero-order valence-corrected chi connectivity index (χ0v) is 14.3. The first-order chi connectivity index (χ1) is 12.2. The lowest BCUT2D eigenvalue weighted by Gasteiger charge is -2.32. The van der Waals surface area contributed by atoms with E-state index in [1.807, 2.05) is 41.3 Å². The van der Waals surface area contributed by atoms with Gasteiger partial charge >= 0.3 is 0 Å². The minimum atomic E-state index is 0.0689. The number of hydrogen-bond donors (Lipinski definition) is 1. The van der Waals surface area contributed by atoms with Gasteiger partial charge in [0.2, 0.25) is 0 Å². The third-order valence-electron chi connectivity index (χ3n) is 4.61. The van der Waals surface area contributed by atoms with E-state index in [4.69, 9.17) is 0 Å². The number of carbonyl (C=O) groups excluding carboxylic acids is 1. The van der Waals surface area contributed by atoms with Gasteiger partial charge in [0.25, 0.3) is 5.91 Å². The van der Waals surface area contributed by atoms with Gasteiger partial charge in [-0.2, -0.15) is 0 Å². The number of likely N-dealkylation sites (tertiary alicyclic amines) is 1. The minimum absolute atomic E-state index is 0.0689. The summed E-state index contributed by atoms with van der Waals surface area (Å²) in [5, 5.41) is 13.1. The van der Waals surface area contributed by atoms with Crippen LogP contribution in [0.15, 0.2) is 53.7 Å². The fourth-order valence-corrected chi connectivity index (χ4v) is 3.17. The van der Waals surface area contributed by atoms with Crippen molar-refractivity contribution in [2.45, 2.75) is 18.8 Å². The molecule has 0 aromatic heterocycles. The molecule has 0 bridgehead atoms. The topological polar surface area (TPSA) is 62.1 Å². The molecule has 1 N–H and O–H groups in total. The molecule has 130 valence electrons. The number of carbonyl (C=O) groups is 1. The van der Waals surface area contributed by atoms with E-state index >= 15 is 0 Å². The number of benzene rings is 2. The highest BCUT2D eigenvalue weighted by atomic mass is 16.6. The highest BCUT2D eigenvalue weighted by Gasteiger charge is 2.24. The van der Waals surface area contributed by atoms with E-state index in [1.54, 1.807) is 18.3 Å². The van der Waals surface area contributed by atoms with Crippen LogP contribution in [-0.2, 0) is 4.84 Å². The van der Waals surface area contributed by atoms with E-state index in [-0.39, 0.29) is 11.7 Å². The van der Waals surface area contributed by atoms with Crippen molar-refractivity contribution in [2.24, 2.45) is 5.16 Å². The number of piperidine rings is 1. The molecule has 2 aromatic carbocycles. The van der Waals surface area contributed by atoms with Crippen LogP contribution in [0.5, 0.6) is 5.75 Å². The average molecular weight is 338 g/mol. The van der Waals surface area contributed by atoms with E-state index < -0.39 is 0 Å². The normalized spacial score (nSPS) is 15.5. The van der Waals surface area contributed by atoms with Crippen molar-refractivity contribution in [3.8, 4) is 5.75 Å². The molecule has 0 atom stereocenters. The summed E-state index contributed by atoms with van der Waals surface area (Å²) in [6.07, 6.45) is 3.49. The van der Waals surface area contributed by atoms with Crippen molar-refractivity contribution >= 4 is 12.1 Å². The molecule has 1 fully saturated rings. The number of aromatic hydroxyl groups is 1. The number of amides is 1. The molecular weight excluding hydrogens is 316 g/mol. The van der Waals surface area contributed by atoms with Crippen molar-refractivity contribution in [2.75, 3.05) is 20.2 Å². The number of hydrogen-bond acceptors (Lipinski definition) is 4. The van der Waals surface area contributed by atoms with E-state index in [0.29, 0.717) is 11.5 Å². The van der Waals surface area contributed by atoms with Crippen molar-refractivity contribution in [3.05, 3.63) is 65.2 Å². The van der Waals surface area contributed by atoms with E-state index in [1.165, 1.54) is 12.7 Å². The molecule has 1 saturated heterocycles. The Bertz CT molecular complexity index is 731. The second-order valence-electron chi connectivity index (χ2n) is 6.20. The van der Waals surface area contributed by atoms with Crippen LogP contribution in [0.25, 0.3) is 0 Å². The maximum Gasteiger partial charge on any atom is 0.253 e. The fourth-order valence-electron chi connectivity index (χ4n) is 3.17. The van der Waals surface area contributed by atoms with Crippen molar-refractivity contribution in [1.82, 2.24) is 4.90 Å². The summed E-state index contributed by atoms with van der Waals surface area (Å²) in [5.41, 5.74) is 2.81. The summed E-state index contributed by atoms with van der Waals surface area (Å²) in [4.78, 5) is 19.2. The number of nitrogens with zero attached hydrogens (tertiary/aromatic N) is 2. The number of phenols is 1. The van der Waals surface area contributed by atoms with Gasteiger partial charge in [0.05, 0.1) is 6.21 Å². The standard InChI is InChI=1S/C20H22N2O3/c1-25-21-14-15-2-4-18(5-3-15)20(24)22-12-10-17(11-13-22)16-6-8-19(23)9-7-16/h2-9,14,17,23H,10-13H2,1H3/b21-14+. The molecule has 25 heavy (non-hydrogen) atoms. The molecule has 1 aliphatic rings. The van der Waals surface area contributed by atoms with Gasteiger partial charge < -0.3 is 14.8 Å². The first kappa shape index (κ1) is 17.0. The monoisotopic (exact) mass is 338 g/mol. The summed E-state index contributed by atoms with van der Waals surface area (Å²) >= 11 is 0. The van der Waals surface area contributed by atoms with Crippen LogP contribution in [0.3, 0.4) is 0 Å². The molecule has 1 aliphatic heterocycles. The van der Waals surface area contributed by atoms with E-state index in [2.05, 4.69) is 9.99 Å². The lowest BCUT2D eigenvalue weighted by molar-refractivity contribution is 0.0713. The molecule has 5 nitrogen and oxygen atoms in total. The van der Waals surface area contributed by atoms with Crippen LogP contribution >= 0.6 is 0 Å². The Morgan fingerprint density at radius 1 is 1.12 bits per heavy atom. The summed E-state index contributed by atoms with van der Waals surface area (Å²) in [7, 11) is 1.50. The second-order valence-corrected chi connectivity index (χ2v) is 6.20. The van der Waals surface area contributed by atoms with Gasteiger partial charge in [-0.15, -0.1) is 0 Å². The third-order valence-corrected chi connectivity index (χ3v) is 4.61. The Morgan fingerprint density at radius 2 is 1.76 bits per heavy atom. The van der Waals surface area contributed by atoms with Gasteiger partial charge in [0, 0.05) is 18.7 Å². The molecule has 3 rings (SSSR count). The molecule has 0 saturated carbocycles. The largest absolute Gasteiger partial charge is 0.508 e. The Balaban J connectivity index is 1.59. The number of oxime groups is 1. The molecule has 2 aromatic rings. The Kier molecular flexibility index (Phi) is 5.33. The molecule has 0 radical (unpaired) electrons. The predicted octanol–water partition coefficient (Wildman–Crippen LogP) is 3.39. The first-order valence-electron chi connectivity index (χ1n) is 8.42. The fraction of sp³-hybridized carbons (Fsp3) is 0.300. The van der Waals surface area contributed by atoms with Crippen LogP contribution in [0.1, 0.15) is 40.2 Å². The Morgan fingerprint density at radius 3 is 2.36 bits per heavy atom. The van der Waals surface area contributed by atoms with E-state index in [9.17, 15) is 9.90 Å². The molecule has 0 spiro atoms. The van der Waals surface area contributed by atoms with Gasteiger partial charge in [-0.25, -0.2) is 0 Å². The predicted molar refractivity (Wildman–Crippen MR) is 97.0 cm³/mol. The van der Waals surface area contributed by atoms with Crippen LogP contribution < -0.4 is 0 Å². The number of rotatable bonds is 4. The van der Waals surface area contributed by atoms with Crippen LogP contribution in [0.4, 0.5) is 0 Å². The SMILES string of the molecule is CO/N=C/c1ccc(C(=O)N2CCC(c3ccc(O)cc3)CC2)cc1. The highest BCUT2D eigenvalue weighted by molar-refractivity contribution is 5.95. The van der Waals surface area contributed by atoms with Gasteiger partial charge in [-0.3, -0.25) is 4.79 Å². The summed E-state index contributed by atoms with van der Waals surface area (Å²) in [5.74, 6) is 0.798. The zero-order chi connectivity index (χ0) is 17.6. The Labute approximate surface area is 147 Å². The average Bonchev–Trinajstić information content (AvgIpc) is 2.67. The van der Waals surface area contributed by atoms with Gasteiger partial charge in [-0.05, 0) is 54.2 Å². The van der Waals surface area contributed by atoms with Gasteiger partial charge in [-0.1, -0.05) is 29.4 Å².